The Bertz CT molecular complexity index is 1080. The molecule has 0 fully saturated rings. The molecule has 2 aromatic rings. The summed E-state index contributed by atoms with van der Waals surface area (Å²) in [6.07, 6.45) is 4.87. The van der Waals surface area contributed by atoms with E-state index in [-0.39, 0.29) is 18.5 Å². The molecule has 2 atom stereocenters. The largest absolute Gasteiger partial charge is 0.476 e. The topological polar surface area (TPSA) is 75.7 Å². The van der Waals surface area contributed by atoms with Gasteiger partial charge in [0.15, 0.2) is 6.10 Å². The van der Waals surface area contributed by atoms with Crippen molar-refractivity contribution < 1.29 is 17.9 Å². The molecule has 6 nitrogen and oxygen atoms in total. The fourth-order valence-corrected chi connectivity index (χ4v) is 5.13. The Morgan fingerprint density at radius 2 is 1.87 bits per heavy atom. The van der Waals surface area contributed by atoms with E-state index in [1.807, 2.05) is 19.9 Å². The van der Waals surface area contributed by atoms with E-state index in [1.54, 1.807) is 12.1 Å². The van der Waals surface area contributed by atoms with Crippen LogP contribution in [0.15, 0.2) is 36.4 Å². The van der Waals surface area contributed by atoms with Crippen LogP contribution in [0.4, 0.5) is 5.69 Å². The molecule has 1 amide bonds. The zero-order valence-corrected chi connectivity index (χ0v) is 18.5. The first-order valence-corrected chi connectivity index (χ1v) is 12.2. The van der Waals surface area contributed by atoms with Crippen LogP contribution in [0.1, 0.15) is 48.1 Å². The lowest BCUT2D eigenvalue weighted by Crippen LogP contribution is -2.50. The number of anilines is 1. The van der Waals surface area contributed by atoms with E-state index in [9.17, 15) is 13.2 Å². The van der Waals surface area contributed by atoms with Gasteiger partial charge in [-0.05, 0) is 73.9 Å². The van der Waals surface area contributed by atoms with Crippen molar-refractivity contribution in [2.24, 2.45) is 0 Å². The standard InChI is InChI=1S/C23H28N2O4S/c1-15-8-11-21-20(12-15)25(30(3,27)28)14-22(29-21)23(26)24-16(2)18-10-9-17-6-4-5-7-19(17)13-18/h8-13,16,22H,4-7,14H2,1-3H3,(H,24,26)/t16-,22+/m0/s1. The van der Waals surface area contributed by atoms with E-state index in [0.717, 1.165) is 30.2 Å². The minimum Gasteiger partial charge on any atom is -0.476 e. The number of carbonyl (C=O) groups is 1. The van der Waals surface area contributed by atoms with Crippen LogP contribution in [0, 0.1) is 6.92 Å². The molecule has 2 aromatic carbocycles. The van der Waals surface area contributed by atoms with E-state index >= 15 is 0 Å². The fourth-order valence-electron chi connectivity index (χ4n) is 4.22. The third kappa shape index (κ3) is 4.17. The van der Waals surface area contributed by atoms with Gasteiger partial charge in [-0.2, -0.15) is 0 Å². The lowest BCUT2D eigenvalue weighted by molar-refractivity contribution is -0.128. The van der Waals surface area contributed by atoms with Crippen LogP contribution in [-0.2, 0) is 27.7 Å². The number of nitrogens with one attached hydrogen (secondary N) is 1. The van der Waals surface area contributed by atoms with Gasteiger partial charge in [0.1, 0.15) is 5.75 Å². The van der Waals surface area contributed by atoms with Crippen LogP contribution in [0.25, 0.3) is 0 Å². The average Bonchev–Trinajstić information content (AvgIpc) is 2.71. The molecule has 4 rings (SSSR count). The van der Waals surface area contributed by atoms with Crippen LogP contribution >= 0.6 is 0 Å². The third-order valence-electron chi connectivity index (χ3n) is 5.91. The first-order valence-electron chi connectivity index (χ1n) is 10.4. The van der Waals surface area contributed by atoms with E-state index in [1.165, 1.54) is 28.3 Å². The van der Waals surface area contributed by atoms with Gasteiger partial charge < -0.3 is 10.1 Å². The number of amides is 1. The van der Waals surface area contributed by atoms with Crippen molar-refractivity contribution in [3.05, 3.63) is 58.7 Å². The monoisotopic (exact) mass is 428 g/mol. The van der Waals surface area contributed by atoms with Crippen molar-refractivity contribution in [3.63, 3.8) is 0 Å². The smallest absolute Gasteiger partial charge is 0.263 e. The molecule has 1 aliphatic heterocycles. The zero-order chi connectivity index (χ0) is 21.5. The summed E-state index contributed by atoms with van der Waals surface area (Å²) in [6.45, 7) is 3.79. The molecule has 1 N–H and O–H groups in total. The van der Waals surface area contributed by atoms with Crippen molar-refractivity contribution in [3.8, 4) is 5.75 Å². The second-order valence-electron chi connectivity index (χ2n) is 8.34. The lowest BCUT2D eigenvalue weighted by Gasteiger charge is -2.34. The minimum atomic E-state index is -3.54. The van der Waals surface area contributed by atoms with Crippen molar-refractivity contribution in [2.45, 2.75) is 51.7 Å². The molecule has 0 saturated heterocycles. The van der Waals surface area contributed by atoms with Crippen molar-refractivity contribution in [1.29, 1.82) is 0 Å². The van der Waals surface area contributed by atoms with Gasteiger partial charge in [0.05, 0.1) is 24.5 Å². The number of fused-ring (bicyclic) bond motifs is 2. The quantitative estimate of drug-likeness (QED) is 0.811. The Labute approximate surface area is 178 Å². The number of sulfonamides is 1. The number of hydrogen-bond acceptors (Lipinski definition) is 4. The molecule has 2 aliphatic rings. The van der Waals surface area contributed by atoms with E-state index in [0.29, 0.717) is 11.4 Å². The van der Waals surface area contributed by atoms with Gasteiger partial charge in [-0.25, -0.2) is 8.42 Å². The van der Waals surface area contributed by atoms with Gasteiger partial charge in [-0.15, -0.1) is 0 Å². The number of benzene rings is 2. The van der Waals surface area contributed by atoms with Crippen LogP contribution < -0.4 is 14.4 Å². The van der Waals surface area contributed by atoms with Gasteiger partial charge in [0.25, 0.3) is 5.91 Å². The van der Waals surface area contributed by atoms with Crippen LogP contribution in [0.5, 0.6) is 5.75 Å². The van der Waals surface area contributed by atoms with Crippen molar-refractivity contribution >= 4 is 21.6 Å². The SMILES string of the molecule is Cc1ccc2c(c1)N(S(C)(=O)=O)C[C@H](C(=O)N[C@@H](C)c1ccc3c(c1)CCCC3)O2. The number of hydrogen-bond donors (Lipinski definition) is 1. The Morgan fingerprint density at radius 1 is 1.13 bits per heavy atom. The Hall–Kier alpha value is -2.54. The summed E-state index contributed by atoms with van der Waals surface area (Å²) in [6, 6.07) is 11.5. The van der Waals surface area contributed by atoms with Gasteiger partial charge in [0, 0.05) is 0 Å². The van der Waals surface area contributed by atoms with Gasteiger partial charge in [-0.1, -0.05) is 24.3 Å². The third-order valence-corrected chi connectivity index (χ3v) is 7.05. The van der Waals surface area contributed by atoms with Crippen molar-refractivity contribution in [2.75, 3.05) is 17.1 Å². The first-order chi connectivity index (χ1) is 14.2. The normalized spacial score (nSPS) is 19.3. The predicted octanol–water partition coefficient (Wildman–Crippen LogP) is 3.28. The van der Waals surface area contributed by atoms with Gasteiger partial charge >= 0.3 is 0 Å². The highest BCUT2D eigenvalue weighted by molar-refractivity contribution is 7.92. The molecule has 0 aromatic heterocycles. The van der Waals surface area contributed by atoms with Gasteiger partial charge in [0.2, 0.25) is 10.0 Å². The summed E-state index contributed by atoms with van der Waals surface area (Å²) in [5.74, 6) is 0.0824. The molecular formula is C23H28N2O4S. The molecule has 0 bridgehead atoms. The summed E-state index contributed by atoms with van der Waals surface area (Å²) in [5.41, 5.74) is 5.21. The molecule has 0 saturated carbocycles. The highest BCUT2D eigenvalue weighted by Crippen LogP contribution is 2.36. The zero-order valence-electron chi connectivity index (χ0n) is 17.6. The summed E-state index contributed by atoms with van der Waals surface area (Å²) in [4.78, 5) is 13.0. The molecule has 7 heteroatoms. The fraction of sp³-hybridized carbons (Fsp3) is 0.435. The van der Waals surface area contributed by atoms with Gasteiger partial charge in [-0.3, -0.25) is 9.10 Å². The molecule has 30 heavy (non-hydrogen) atoms. The van der Waals surface area contributed by atoms with E-state index < -0.39 is 16.1 Å². The highest BCUT2D eigenvalue weighted by atomic mass is 32.2. The predicted molar refractivity (Wildman–Crippen MR) is 117 cm³/mol. The van der Waals surface area contributed by atoms with E-state index in [2.05, 4.69) is 23.5 Å². The average molecular weight is 429 g/mol. The van der Waals surface area contributed by atoms with Crippen LogP contribution in [0.2, 0.25) is 0 Å². The Kier molecular flexibility index (Phi) is 5.49. The molecular weight excluding hydrogens is 400 g/mol. The number of carbonyl (C=O) groups excluding carboxylic acids is 1. The summed E-state index contributed by atoms with van der Waals surface area (Å²) in [5, 5.41) is 3.00. The van der Waals surface area contributed by atoms with Crippen molar-refractivity contribution in [1.82, 2.24) is 5.32 Å². The first kappa shape index (κ1) is 20.7. The molecule has 0 radical (unpaired) electrons. The summed E-state index contributed by atoms with van der Waals surface area (Å²) >= 11 is 0. The number of ether oxygens (including phenoxy) is 1. The maximum Gasteiger partial charge on any atom is 0.263 e. The molecule has 0 spiro atoms. The molecule has 160 valence electrons. The Morgan fingerprint density at radius 3 is 2.60 bits per heavy atom. The molecule has 0 unspecified atom stereocenters. The molecule has 1 heterocycles. The Balaban J connectivity index is 1.53. The number of aryl methyl sites for hydroxylation is 3. The molecule has 1 aliphatic carbocycles. The number of nitrogens with zero attached hydrogens (tertiary/aromatic N) is 1. The summed E-state index contributed by atoms with van der Waals surface area (Å²) < 4.78 is 31.8. The van der Waals surface area contributed by atoms with E-state index in [4.69, 9.17) is 4.74 Å². The maximum atomic E-state index is 13.0. The summed E-state index contributed by atoms with van der Waals surface area (Å²) in [7, 11) is -3.54. The van der Waals surface area contributed by atoms with Crippen LogP contribution in [-0.4, -0.2) is 33.2 Å². The lowest BCUT2D eigenvalue weighted by atomic mass is 9.89. The second-order valence-corrected chi connectivity index (χ2v) is 10.2. The minimum absolute atomic E-state index is 0.0436. The highest BCUT2D eigenvalue weighted by Gasteiger charge is 2.35. The van der Waals surface area contributed by atoms with Crippen LogP contribution in [0.3, 0.4) is 0 Å². The second kappa shape index (κ2) is 7.95. The maximum absolute atomic E-state index is 13.0. The number of rotatable bonds is 4.